The first-order valence-corrected chi connectivity index (χ1v) is 7.08. The van der Waals surface area contributed by atoms with E-state index in [0.717, 1.165) is 0 Å². The first-order chi connectivity index (χ1) is 9.35. The molecule has 4 nitrogen and oxygen atoms in total. The van der Waals surface area contributed by atoms with Gasteiger partial charge < -0.3 is 4.74 Å². The minimum Gasteiger partial charge on any atom is -0.468 e. The van der Waals surface area contributed by atoms with Gasteiger partial charge in [0.1, 0.15) is 6.54 Å². The van der Waals surface area contributed by atoms with Crippen LogP contribution >= 0.6 is 34.8 Å². The van der Waals surface area contributed by atoms with Crippen molar-refractivity contribution in [1.29, 1.82) is 0 Å². The van der Waals surface area contributed by atoms with Crippen molar-refractivity contribution in [3.8, 4) is 0 Å². The highest BCUT2D eigenvalue weighted by Crippen LogP contribution is 2.47. The molecule has 0 aromatic heterocycles. The van der Waals surface area contributed by atoms with Crippen LogP contribution in [0, 0.1) is 0 Å². The summed E-state index contributed by atoms with van der Waals surface area (Å²) in [5.74, 6) is -0.765. The monoisotopic (exact) mass is 335 g/mol. The smallest absolute Gasteiger partial charge is 0.325 e. The van der Waals surface area contributed by atoms with Gasteiger partial charge in [0.2, 0.25) is 5.91 Å². The number of nitrogens with zero attached hydrogens (tertiary/aromatic N) is 1. The maximum Gasteiger partial charge on any atom is 0.325 e. The SMILES string of the molecule is COC(=O)CN1C(=O)C(C)(CCl)c2cc(Cl)cc(Cl)c21. The van der Waals surface area contributed by atoms with Crippen LogP contribution in [0.4, 0.5) is 5.69 Å². The Hall–Kier alpha value is -0.970. The molecule has 0 saturated heterocycles. The second kappa shape index (κ2) is 5.43. The van der Waals surface area contributed by atoms with Gasteiger partial charge in [-0.05, 0) is 24.6 Å². The van der Waals surface area contributed by atoms with Crippen LogP contribution in [0.5, 0.6) is 0 Å². The van der Waals surface area contributed by atoms with E-state index >= 15 is 0 Å². The first kappa shape index (κ1) is 15.4. The molecule has 1 atom stereocenters. The van der Waals surface area contributed by atoms with Crippen molar-refractivity contribution < 1.29 is 14.3 Å². The van der Waals surface area contributed by atoms with E-state index in [0.29, 0.717) is 21.3 Å². The van der Waals surface area contributed by atoms with Crippen LogP contribution in [0.25, 0.3) is 0 Å². The van der Waals surface area contributed by atoms with Crippen molar-refractivity contribution in [3.05, 3.63) is 27.7 Å². The summed E-state index contributed by atoms with van der Waals surface area (Å²) >= 11 is 18.1. The van der Waals surface area contributed by atoms with Gasteiger partial charge in [-0.15, -0.1) is 11.6 Å². The zero-order chi connectivity index (χ0) is 15.1. The van der Waals surface area contributed by atoms with Gasteiger partial charge in [0, 0.05) is 10.9 Å². The molecule has 1 heterocycles. The number of alkyl halides is 1. The third-order valence-corrected chi connectivity index (χ3v) is 4.43. The number of ether oxygens (including phenoxy) is 1. The van der Waals surface area contributed by atoms with Crippen molar-refractivity contribution in [2.45, 2.75) is 12.3 Å². The number of fused-ring (bicyclic) bond motifs is 1. The van der Waals surface area contributed by atoms with Gasteiger partial charge in [-0.3, -0.25) is 14.5 Å². The number of anilines is 1. The topological polar surface area (TPSA) is 46.6 Å². The van der Waals surface area contributed by atoms with E-state index in [1.807, 2.05) is 0 Å². The van der Waals surface area contributed by atoms with E-state index in [2.05, 4.69) is 4.74 Å². The van der Waals surface area contributed by atoms with Crippen LogP contribution in [0.3, 0.4) is 0 Å². The van der Waals surface area contributed by atoms with Gasteiger partial charge in [-0.1, -0.05) is 23.2 Å². The number of amides is 1. The Labute approximate surface area is 131 Å². The van der Waals surface area contributed by atoms with E-state index in [9.17, 15) is 9.59 Å². The summed E-state index contributed by atoms with van der Waals surface area (Å²) in [4.78, 5) is 25.3. The Balaban J connectivity index is 2.60. The minimum atomic E-state index is -0.959. The number of hydrogen-bond acceptors (Lipinski definition) is 3. The highest BCUT2D eigenvalue weighted by molar-refractivity contribution is 6.38. The third kappa shape index (κ3) is 2.26. The number of rotatable bonds is 3. The number of halogens is 3. The molecule has 2 rings (SSSR count). The maximum absolute atomic E-state index is 12.6. The van der Waals surface area contributed by atoms with Crippen molar-refractivity contribution in [2.75, 3.05) is 24.4 Å². The molecule has 0 saturated carbocycles. The van der Waals surface area contributed by atoms with Gasteiger partial charge >= 0.3 is 5.97 Å². The largest absolute Gasteiger partial charge is 0.468 e. The van der Waals surface area contributed by atoms with Crippen LogP contribution in [-0.4, -0.2) is 31.4 Å². The van der Waals surface area contributed by atoms with Crippen LogP contribution < -0.4 is 4.90 Å². The number of carbonyl (C=O) groups is 2. The molecule has 1 aliphatic rings. The zero-order valence-corrected chi connectivity index (χ0v) is 13.1. The average molecular weight is 337 g/mol. The number of carbonyl (C=O) groups excluding carboxylic acids is 2. The molecular weight excluding hydrogens is 325 g/mol. The quantitative estimate of drug-likeness (QED) is 0.630. The Bertz CT molecular complexity index is 590. The lowest BCUT2D eigenvalue weighted by Crippen LogP contribution is -2.42. The van der Waals surface area contributed by atoms with Gasteiger partial charge in [0.25, 0.3) is 0 Å². The molecule has 0 aliphatic carbocycles. The van der Waals surface area contributed by atoms with E-state index < -0.39 is 11.4 Å². The summed E-state index contributed by atoms with van der Waals surface area (Å²) in [7, 11) is 1.26. The van der Waals surface area contributed by atoms with Gasteiger partial charge in [0.15, 0.2) is 0 Å². The minimum absolute atomic E-state index is 0.0627. The average Bonchev–Trinajstić information content (AvgIpc) is 2.61. The van der Waals surface area contributed by atoms with E-state index in [1.165, 1.54) is 18.1 Å². The molecule has 0 bridgehead atoms. The summed E-state index contributed by atoms with van der Waals surface area (Å²) in [6.07, 6.45) is 0. The fourth-order valence-electron chi connectivity index (χ4n) is 2.25. The normalized spacial score (nSPS) is 21.1. The predicted octanol–water partition coefficient (Wildman–Crippen LogP) is 3.01. The number of esters is 1. The fraction of sp³-hybridized carbons (Fsp3) is 0.385. The number of hydrogen-bond donors (Lipinski definition) is 0. The Kier molecular flexibility index (Phi) is 4.19. The standard InChI is InChI=1S/C13H12Cl3NO3/c1-13(6-14)8-3-7(15)4-9(16)11(8)17(12(13)19)5-10(18)20-2/h3-4H,5-6H2,1-2H3. The fourth-order valence-corrected chi connectivity index (χ4v) is 3.10. The summed E-state index contributed by atoms with van der Waals surface area (Å²) < 4.78 is 4.61. The Morgan fingerprint density at radius 1 is 1.40 bits per heavy atom. The van der Waals surface area contributed by atoms with Crippen LogP contribution in [-0.2, 0) is 19.7 Å². The summed E-state index contributed by atoms with van der Waals surface area (Å²) in [5.41, 5.74) is 0.132. The second-order valence-electron chi connectivity index (χ2n) is 4.72. The van der Waals surface area contributed by atoms with Gasteiger partial charge in [-0.25, -0.2) is 0 Å². The summed E-state index contributed by atoms with van der Waals surface area (Å²) in [5, 5.41) is 0.719. The molecule has 0 radical (unpaired) electrons. The molecule has 1 unspecified atom stereocenters. The molecule has 1 aliphatic heterocycles. The molecule has 7 heteroatoms. The van der Waals surface area contributed by atoms with Gasteiger partial charge in [-0.2, -0.15) is 0 Å². The summed E-state index contributed by atoms with van der Waals surface area (Å²) in [6.45, 7) is 1.49. The lowest BCUT2D eigenvalue weighted by Gasteiger charge is -2.21. The molecule has 0 spiro atoms. The molecule has 1 aromatic carbocycles. The highest BCUT2D eigenvalue weighted by atomic mass is 35.5. The van der Waals surface area contributed by atoms with Crippen molar-refractivity contribution in [3.63, 3.8) is 0 Å². The van der Waals surface area contributed by atoms with Crippen LogP contribution in [0.15, 0.2) is 12.1 Å². The highest BCUT2D eigenvalue weighted by Gasteiger charge is 2.48. The van der Waals surface area contributed by atoms with E-state index in [-0.39, 0.29) is 18.3 Å². The zero-order valence-electron chi connectivity index (χ0n) is 10.9. The van der Waals surface area contributed by atoms with Crippen molar-refractivity contribution in [1.82, 2.24) is 0 Å². The molecule has 1 amide bonds. The Morgan fingerprint density at radius 2 is 2.05 bits per heavy atom. The Morgan fingerprint density at radius 3 is 2.60 bits per heavy atom. The predicted molar refractivity (Wildman–Crippen MR) is 78.9 cm³/mol. The second-order valence-corrected chi connectivity index (χ2v) is 5.83. The molecule has 108 valence electrons. The van der Waals surface area contributed by atoms with Gasteiger partial charge in [0.05, 0.1) is 23.2 Å². The molecule has 0 N–H and O–H groups in total. The first-order valence-electron chi connectivity index (χ1n) is 5.79. The molecular formula is C13H12Cl3NO3. The van der Waals surface area contributed by atoms with Crippen LogP contribution in [0.1, 0.15) is 12.5 Å². The maximum atomic E-state index is 12.6. The molecule has 0 fully saturated rings. The molecule has 1 aromatic rings. The lowest BCUT2D eigenvalue weighted by molar-refractivity contribution is -0.140. The van der Waals surface area contributed by atoms with Crippen molar-refractivity contribution >= 4 is 52.4 Å². The van der Waals surface area contributed by atoms with Crippen LogP contribution in [0.2, 0.25) is 10.0 Å². The van der Waals surface area contributed by atoms with E-state index in [1.54, 1.807) is 13.0 Å². The lowest BCUT2D eigenvalue weighted by atomic mass is 9.86. The summed E-state index contributed by atoms with van der Waals surface area (Å²) in [6, 6.07) is 3.18. The number of benzene rings is 1. The number of methoxy groups -OCH3 is 1. The van der Waals surface area contributed by atoms with Crippen molar-refractivity contribution in [2.24, 2.45) is 0 Å². The third-order valence-electron chi connectivity index (χ3n) is 3.39. The van der Waals surface area contributed by atoms with E-state index in [4.69, 9.17) is 34.8 Å². The molecule has 20 heavy (non-hydrogen) atoms.